The van der Waals surface area contributed by atoms with Crippen LogP contribution >= 0.6 is 34.8 Å². The summed E-state index contributed by atoms with van der Waals surface area (Å²) < 4.78 is 27.7. The molecule has 0 saturated carbocycles. The fourth-order valence-corrected chi connectivity index (χ4v) is 5.11. The van der Waals surface area contributed by atoms with Gasteiger partial charge in [0.1, 0.15) is 0 Å². The molecule has 30 heavy (non-hydrogen) atoms. The summed E-state index contributed by atoms with van der Waals surface area (Å²) in [6.45, 7) is 1.95. The minimum Gasteiger partial charge on any atom is -0.322 e. The summed E-state index contributed by atoms with van der Waals surface area (Å²) in [4.78, 5) is 12.7. The molecule has 0 atom stereocenters. The molecule has 156 valence electrons. The van der Waals surface area contributed by atoms with Crippen LogP contribution in [0.2, 0.25) is 15.1 Å². The number of carbonyl (C=O) groups excluding carboxylic acids is 1. The lowest BCUT2D eigenvalue weighted by molar-refractivity contribution is 0.102. The quantitative estimate of drug-likeness (QED) is 0.460. The molecule has 0 unspecified atom stereocenters. The van der Waals surface area contributed by atoms with Gasteiger partial charge in [-0.25, -0.2) is 8.42 Å². The summed E-state index contributed by atoms with van der Waals surface area (Å²) in [6, 6.07) is 17.3. The molecule has 0 heterocycles. The summed E-state index contributed by atoms with van der Waals surface area (Å²) in [6.07, 6.45) is 0. The van der Waals surface area contributed by atoms with E-state index in [1.165, 1.54) is 40.7 Å². The number of anilines is 2. The molecule has 0 saturated heterocycles. The Kier molecular flexibility index (Phi) is 6.93. The molecule has 1 amide bonds. The average molecular weight is 484 g/mol. The van der Waals surface area contributed by atoms with Crippen LogP contribution in [0.3, 0.4) is 0 Å². The summed E-state index contributed by atoms with van der Waals surface area (Å²) in [5.74, 6) is -0.585. The van der Waals surface area contributed by atoms with Crippen molar-refractivity contribution in [3.05, 3.63) is 87.4 Å². The number of benzene rings is 3. The van der Waals surface area contributed by atoms with E-state index in [2.05, 4.69) is 5.32 Å². The van der Waals surface area contributed by atoms with E-state index in [4.69, 9.17) is 34.8 Å². The van der Waals surface area contributed by atoms with Crippen molar-refractivity contribution in [2.45, 2.75) is 11.8 Å². The largest absolute Gasteiger partial charge is 0.322 e. The van der Waals surface area contributed by atoms with Crippen LogP contribution < -0.4 is 9.62 Å². The van der Waals surface area contributed by atoms with E-state index in [0.717, 1.165) is 0 Å². The summed E-state index contributed by atoms with van der Waals surface area (Å²) in [7, 11) is -3.91. The fraction of sp³-hybridized carbons (Fsp3) is 0.0952. The minimum absolute atomic E-state index is 0.0120. The van der Waals surface area contributed by atoms with Gasteiger partial charge >= 0.3 is 0 Å². The molecule has 0 radical (unpaired) electrons. The molecule has 3 aromatic rings. The van der Waals surface area contributed by atoms with Crippen molar-refractivity contribution in [3.63, 3.8) is 0 Å². The van der Waals surface area contributed by atoms with Crippen molar-refractivity contribution in [3.8, 4) is 0 Å². The molecule has 9 heteroatoms. The average Bonchev–Trinajstić information content (AvgIpc) is 2.68. The van der Waals surface area contributed by atoms with Crippen molar-refractivity contribution in [2.24, 2.45) is 0 Å². The predicted octanol–water partition coefficient (Wildman–Crippen LogP) is 6.11. The highest BCUT2D eigenvalue weighted by molar-refractivity contribution is 7.92. The van der Waals surface area contributed by atoms with Gasteiger partial charge in [0.15, 0.2) is 0 Å². The molecule has 0 aliphatic rings. The Hall–Kier alpha value is -2.25. The first-order valence-corrected chi connectivity index (χ1v) is 11.4. The van der Waals surface area contributed by atoms with Crippen LogP contribution in [0.1, 0.15) is 17.3 Å². The molecule has 1 N–H and O–H groups in total. The summed E-state index contributed by atoms with van der Waals surface area (Å²) in [5, 5.41) is 3.44. The summed E-state index contributed by atoms with van der Waals surface area (Å²) in [5.41, 5.74) is 0.897. The van der Waals surface area contributed by atoms with E-state index < -0.39 is 15.9 Å². The van der Waals surface area contributed by atoms with E-state index >= 15 is 0 Å². The maximum atomic E-state index is 13.2. The Labute approximate surface area is 190 Å². The number of halogens is 3. The Bertz CT molecular complexity index is 1170. The number of rotatable bonds is 6. The van der Waals surface area contributed by atoms with Crippen LogP contribution in [0.15, 0.2) is 71.6 Å². The van der Waals surface area contributed by atoms with Crippen LogP contribution in [0.5, 0.6) is 0 Å². The lowest BCUT2D eigenvalue weighted by Gasteiger charge is -2.23. The van der Waals surface area contributed by atoms with E-state index in [1.807, 2.05) is 0 Å². The van der Waals surface area contributed by atoms with Crippen molar-refractivity contribution < 1.29 is 13.2 Å². The lowest BCUT2D eigenvalue weighted by atomic mass is 10.2. The van der Waals surface area contributed by atoms with Gasteiger partial charge in [0.05, 0.1) is 21.2 Å². The number of amides is 1. The van der Waals surface area contributed by atoms with E-state index in [-0.39, 0.29) is 22.0 Å². The van der Waals surface area contributed by atoms with Gasteiger partial charge in [-0.15, -0.1) is 0 Å². The van der Waals surface area contributed by atoms with Gasteiger partial charge < -0.3 is 5.32 Å². The molecular weight excluding hydrogens is 467 g/mol. The predicted molar refractivity (Wildman–Crippen MR) is 123 cm³/mol. The van der Waals surface area contributed by atoms with Gasteiger partial charge in [0.2, 0.25) is 0 Å². The zero-order chi connectivity index (χ0) is 21.9. The first-order chi connectivity index (χ1) is 14.2. The smallest absolute Gasteiger partial charge is 0.264 e. The van der Waals surface area contributed by atoms with Gasteiger partial charge in [-0.3, -0.25) is 9.10 Å². The summed E-state index contributed by atoms with van der Waals surface area (Å²) >= 11 is 18.1. The third-order valence-corrected chi connectivity index (χ3v) is 6.89. The number of sulfonamides is 1. The third kappa shape index (κ3) is 4.90. The Morgan fingerprint density at radius 2 is 1.57 bits per heavy atom. The maximum absolute atomic E-state index is 13.2. The fourth-order valence-electron chi connectivity index (χ4n) is 2.88. The molecule has 0 aromatic heterocycles. The topological polar surface area (TPSA) is 66.5 Å². The molecule has 0 fully saturated rings. The molecule has 0 spiro atoms. The van der Waals surface area contributed by atoms with E-state index in [0.29, 0.717) is 21.4 Å². The van der Waals surface area contributed by atoms with Crippen LogP contribution in [-0.2, 0) is 10.0 Å². The van der Waals surface area contributed by atoms with Crippen LogP contribution in [-0.4, -0.2) is 20.9 Å². The van der Waals surface area contributed by atoms with Crippen LogP contribution in [0.25, 0.3) is 0 Å². The van der Waals surface area contributed by atoms with Crippen LogP contribution in [0, 0.1) is 0 Å². The number of nitrogens with one attached hydrogen (secondary N) is 1. The molecule has 3 rings (SSSR count). The van der Waals surface area contributed by atoms with E-state index in [9.17, 15) is 13.2 Å². The zero-order valence-electron chi connectivity index (χ0n) is 15.8. The second-order valence-corrected chi connectivity index (χ2v) is 9.40. The molecule has 0 aliphatic carbocycles. The van der Waals surface area contributed by atoms with Crippen molar-refractivity contribution in [1.29, 1.82) is 0 Å². The number of hydrogen-bond donors (Lipinski definition) is 1. The standard InChI is InChI=1S/C21H17Cl3N2O3S/c1-2-26(17-6-4-3-5-7-17)30(28,29)18-8-9-20(24)19(13-18)21(27)25-16-11-14(22)10-15(23)12-16/h3-13H,2H2,1H3,(H,25,27). The van der Waals surface area contributed by atoms with Crippen molar-refractivity contribution in [2.75, 3.05) is 16.2 Å². The molecule has 3 aromatic carbocycles. The highest BCUT2D eigenvalue weighted by Gasteiger charge is 2.25. The maximum Gasteiger partial charge on any atom is 0.264 e. The molecule has 0 bridgehead atoms. The lowest BCUT2D eigenvalue weighted by Crippen LogP contribution is -2.31. The highest BCUT2D eigenvalue weighted by atomic mass is 35.5. The molecule has 5 nitrogen and oxygen atoms in total. The normalized spacial score (nSPS) is 11.2. The number of para-hydroxylation sites is 1. The first kappa shape index (κ1) is 22.4. The van der Waals surface area contributed by atoms with E-state index in [1.54, 1.807) is 37.3 Å². The van der Waals surface area contributed by atoms with Gasteiger partial charge in [-0.1, -0.05) is 53.0 Å². The Morgan fingerprint density at radius 1 is 0.933 bits per heavy atom. The monoisotopic (exact) mass is 482 g/mol. The highest BCUT2D eigenvalue weighted by Crippen LogP contribution is 2.28. The molecule has 0 aliphatic heterocycles. The van der Waals surface area contributed by atoms with Gasteiger partial charge in [0.25, 0.3) is 15.9 Å². The Morgan fingerprint density at radius 3 is 2.17 bits per heavy atom. The zero-order valence-corrected chi connectivity index (χ0v) is 18.9. The van der Waals surface area contributed by atoms with Crippen molar-refractivity contribution >= 4 is 62.1 Å². The number of hydrogen-bond acceptors (Lipinski definition) is 3. The molecular formula is C21H17Cl3N2O3S. The van der Waals surface area contributed by atoms with Gasteiger partial charge in [0, 0.05) is 22.3 Å². The van der Waals surface area contributed by atoms with Crippen molar-refractivity contribution in [1.82, 2.24) is 0 Å². The second kappa shape index (κ2) is 9.27. The SMILES string of the molecule is CCN(c1ccccc1)S(=O)(=O)c1ccc(Cl)c(C(=O)Nc2cc(Cl)cc(Cl)c2)c1. The van der Waals surface area contributed by atoms with Gasteiger partial charge in [-0.2, -0.15) is 0 Å². The van der Waals surface area contributed by atoms with Gasteiger partial charge in [-0.05, 0) is 55.5 Å². The Balaban J connectivity index is 1.97. The number of carbonyl (C=O) groups is 1. The van der Waals surface area contributed by atoms with Crippen LogP contribution in [0.4, 0.5) is 11.4 Å². The minimum atomic E-state index is -3.91. The second-order valence-electron chi connectivity index (χ2n) is 6.26. The third-order valence-electron chi connectivity index (χ3n) is 4.22. The number of nitrogens with zero attached hydrogens (tertiary/aromatic N) is 1. The first-order valence-electron chi connectivity index (χ1n) is 8.87.